The largest absolute Gasteiger partial charge is 0.366 e. The number of para-hydroxylation sites is 1. The monoisotopic (exact) mass is 363 g/mol. The first-order valence-corrected chi connectivity index (χ1v) is 8.63. The zero-order chi connectivity index (χ0) is 19.1. The van der Waals surface area contributed by atoms with Gasteiger partial charge >= 0.3 is 5.97 Å². The normalized spacial score (nSPS) is 13.5. The molecule has 0 unspecified atom stereocenters. The Morgan fingerprint density at radius 3 is 2.37 bits per heavy atom. The van der Waals surface area contributed by atoms with Gasteiger partial charge in [0.25, 0.3) is 11.8 Å². The van der Waals surface area contributed by atoms with E-state index in [0.29, 0.717) is 22.0 Å². The predicted octanol–water partition coefficient (Wildman–Crippen LogP) is 3.13. The Hall–Kier alpha value is -3.48. The van der Waals surface area contributed by atoms with Crippen molar-refractivity contribution in [1.29, 1.82) is 0 Å². The summed E-state index contributed by atoms with van der Waals surface area (Å²) in [6.07, 6.45) is 0.738. The van der Waals surface area contributed by atoms with E-state index in [4.69, 9.17) is 4.84 Å². The first-order valence-electron chi connectivity index (χ1n) is 8.63. The molecule has 2 heterocycles. The third-order valence-corrected chi connectivity index (χ3v) is 4.31. The lowest BCUT2D eigenvalue weighted by molar-refractivity contribution is -0.0583. The summed E-state index contributed by atoms with van der Waals surface area (Å²) in [6.45, 7) is 4.15. The molecule has 7 nitrogen and oxygen atoms in total. The van der Waals surface area contributed by atoms with Crippen molar-refractivity contribution in [3.05, 3.63) is 65.0 Å². The molecule has 0 spiro atoms. The van der Waals surface area contributed by atoms with E-state index in [2.05, 4.69) is 23.8 Å². The van der Waals surface area contributed by atoms with E-state index in [-0.39, 0.29) is 16.7 Å². The summed E-state index contributed by atoms with van der Waals surface area (Å²) in [5, 5.41) is 0.507. The van der Waals surface area contributed by atoms with Crippen LogP contribution >= 0.6 is 0 Å². The van der Waals surface area contributed by atoms with Gasteiger partial charge in [0.2, 0.25) is 0 Å². The van der Waals surface area contributed by atoms with E-state index in [1.807, 2.05) is 6.07 Å². The van der Waals surface area contributed by atoms with Gasteiger partial charge < -0.3 is 9.82 Å². The Labute approximate surface area is 154 Å². The van der Waals surface area contributed by atoms with Crippen molar-refractivity contribution >= 4 is 28.8 Å². The molecule has 1 aliphatic rings. The molecule has 1 N–H and O–H groups in total. The molecule has 2 amide bonds. The molecule has 7 heteroatoms. The van der Waals surface area contributed by atoms with Gasteiger partial charge in [-0.3, -0.25) is 9.59 Å². The molecule has 0 aliphatic carbocycles. The fourth-order valence-electron chi connectivity index (χ4n) is 3.11. The van der Waals surface area contributed by atoms with Gasteiger partial charge in [0.15, 0.2) is 0 Å². The topological polar surface area (TPSA) is 92.4 Å². The van der Waals surface area contributed by atoms with Crippen molar-refractivity contribution in [3.63, 3.8) is 0 Å². The molecular formula is C20H17N3O4. The summed E-state index contributed by atoms with van der Waals surface area (Å²) < 4.78 is 0. The van der Waals surface area contributed by atoms with Gasteiger partial charge in [0.1, 0.15) is 11.3 Å². The van der Waals surface area contributed by atoms with Crippen LogP contribution in [0.5, 0.6) is 0 Å². The lowest BCUT2D eigenvalue weighted by Crippen LogP contribution is -2.32. The lowest BCUT2D eigenvalue weighted by atomic mass is 10.1. The molecule has 1 aliphatic heterocycles. The zero-order valence-electron chi connectivity index (χ0n) is 14.9. The number of hydroxylamine groups is 2. The molecule has 1 aromatic heterocycles. The second kappa shape index (κ2) is 6.35. The number of rotatable bonds is 4. The Morgan fingerprint density at radius 1 is 1.07 bits per heavy atom. The maximum absolute atomic E-state index is 12.7. The second-order valence-corrected chi connectivity index (χ2v) is 6.81. The first-order chi connectivity index (χ1) is 13.0. The van der Waals surface area contributed by atoms with E-state index in [1.54, 1.807) is 24.3 Å². The fourth-order valence-corrected chi connectivity index (χ4v) is 3.11. The average molecular weight is 363 g/mol. The molecule has 0 saturated carbocycles. The number of hydrogen-bond acceptors (Lipinski definition) is 5. The Bertz CT molecular complexity index is 1050. The SMILES string of the molecule is CC(C)Cc1nc2c(C(=O)ON3C(=O)c4ccccc4C3=O)cccc2[nH]1. The molecule has 27 heavy (non-hydrogen) atoms. The number of imidazole rings is 1. The van der Waals surface area contributed by atoms with Gasteiger partial charge in [0.05, 0.1) is 22.2 Å². The first kappa shape index (κ1) is 17.0. The predicted molar refractivity (Wildman–Crippen MR) is 97.0 cm³/mol. The minimum Gasteiger partial charge on any atom is -0.342 e. The van der Waals surface area contributed by atoms with E-state index in [1.165, 1.54) is 12.1 Å². The molecule has 3 aromatic rings. The minimum atomic E-state index is -0.808. The molecule has 136 valence electrons. The Balaban J connectivity index is 1.63. The van der Waals surface area contributed by atoms with Crippen molar-refractivity contribution in [3.8, 4) is 0 Å². The summed E-state index contributed by atoms with van der Waals surface area (Å²) in [6, 6.07) is 11.4. The van der Waals surface area contributed by atoms with Crippen molar-refractivity contribution in [2.24, 2.45) is 5.92 Å². The van der Waals surface area contributed by atoms with Crippen LogP contribution in [0.1, 0.15) is 50.7 Å². The fraction of sp³-hybridized carbons (Fsp3) is 0.200. The maximum Gasteiger partial charge on any atom is 0.366 e. The van der Waals surface area contributed by atoms with Gasteiger partial charge in [0, 0.05) is 6.42 Å². The van der Waals surface area contributed by atoms with Crippen LogP contribution < -0.4 is 0 Å². The van der Waals surface area contributed by atoms with Gasteiger partial charge in [-0.15, -0.1) is 0 Å². The number of amides is 2. The highest BCUT2D eigenvalue weighted by molar-refractivity contribution is 6.21. The summed E-state index contributed by atoms with van der Waals surface area (Å²) in [5.41, 5.74) is 1.77. The van der Waals surface area contributed by atoms with Gasteiger partial charge in [-0.05, 0) is 30.2 Å². The average Bonchev–Trinajstić information content (AvgIpc) is 3.15. The maximum atomic E-state index is 12.7. The molecule has 0 fully saturated rings. The van der Waals surface area contributed by atoms with E-state index in [9.17, 15) is 14.4 Å². The number of fused-ring (bicyclic) bond motifs is 2. The van der Waals surface area contributed by atoms with Gasteiger partial charge in [-0.1, -0.05) is 37.1 Å². The molecule has 0 radical (unpaired) electrons. The van der Waals surface area contributed by atoms with Crippen LogP contribution in [0.2, 0.25) is 0 Å². The number of H-pyrrole nitrogens is 1. The van der Waals surface area contributed by atoms with Crippen molar-refractivity contribution in [2.75, 3.05) is 0 Å². The van der Waals surface area contributed by atoms with Crippen LogP contribution in [0.3, 0.4) is 0 Å². The number of hydrogen-bond donors (Lipinski definition) is 1. The number of carbonyl (C=O) groups excluding carboxylic acids is 3. The van der Waals surface area contributed by atoms with Crippen LogP contribution in [0, 0.1) is 5.92 Å². The summed E-state index contributed by atoms with van der Waals surface area (Å²) >= 11 is 0. The third-order valence-electron chi connectivity index (χ3n) is 4.31. The molecule has 0 saturated heterocycles. The number of aromatic amines is 1. The molecule has 0 atom stereocenters. The standard InChI is InChI=1S/C20H17N3O4/c1-11(2)10-16-21-15-9-5-8-14(17(15)22-16)20(26)27-23-18(24)12-6-3-4-7-13(12)19(23)25/h3-9,11H,10H2,1-2H3,(H,21,22). The van der Waals surface area contributed by atoms with Crippen LogP contribution in [-0.4, -0.2) is 32.8 Å². The van der Waals surface area contributed by atoms with Crippen molar-refractivity contribution in [1.82, 2.24) is 15.0 Å². The number of benzene rings is 2. The quantitative estimate of drug-likeness (QED) is 0.719. The van der Waals surface area contributed by atoms with Gasteiger partial charge in [-0.2, -0.15) is 0 Å². The van der Waals surface area contributed by atoms with Crippen LogP contribution in [-0.2, 0) is 11.3 Å². The number of nitrogens with zero attached hydrogens (tertiary/aromatic N) is 2. The summed E-state index contributed by atoms with van der Waals surface area (Å²) in [4.78, 5) is 50.2. The highest BCUT2D eigenvalue weighted by atomic mass is 16.7. The van der Waals surface area contributed by atoms with Crippen molar-refractivity contribution in [2.45, 2.75) is 20.3 Å². The van der Waals surface area contributed by atoms with Crippen LogP contribution in [0.4, 0.5) is 0 Å². The lowest BCUT2D eigenvalue weighted by Gasteiger charge is -2.12. The number of nitrogens with one attached hydrogen (secondary N) is 1. The Morgan fingerprint density at radius 2 is 1.74 bits per heavy atom. The number of aromatic nitrogens is 2. The zero-order valence-corrected chi connectivity index (χ0v) is 14.9. The number of imide groups is 1. The van der Waals surface area contributed by atoms with Gasteiger partial charge in [-0.25, -0.2) is 9.78 Å². The summed E-state index contributed by atoms with van der Waals surface area (Å²) in [5.74, 6) is -0.949. The summed E-state index contributed by atoms with van der Waals surface area (Å²) in [7, 11) is 0. The van der Waals surface area contributed by atoms with Crippen LogP contribution in [0.25, 0.3) is 11.0 Å². The highest BCUT2D eigenvalue weighted by Crippen LogP contribution is 2.25. The molecule has 4 rings (SSSR count). The van der Waals surface area contributed by atoms with E-state index in [0.717, 1.165) is 12.2 Å². The second-order valence-electron chi connectivity index (χ2n) is 6.81. The smallest absolute Gasteiger partial charge is 0.342 e. The van der Waals surface area contributed by atoms with E-state index >= 15 is 0 Å². The van der Waals surface area contributed by atoms with E-state index < -0.39 is 17.8 Å². The highest BCUT2D eigenvalue weighted by Gasteiger charge is 2.39. The van der Waals surface area contributed by atoms with Crippen LogP contribution in [0.15, 0.2) is 42.5 Å². The number of carbonyl (C=O) groups is 3. The van der Waals surface area contributed by atoms with Crippen molar-refractivity contribution < 1.29 is 19.2 Å². The molecule has 0 bridgehead atoms. The third kappa shape index (κ3) is 2.87. The molecule has 2 aromatic carbocycles. The Kier molecular flexibility index (Phi) is 3.99. The molecular weight excluding hydrogens is 346 g/mol. The minimum absolute atomic E-state index is 0.190.